The van der Waals surface area contributed by atoms with Crippen molar-refractivity contribution in [1.82, 2.24) is 19.9 Å². The van der Waals surface area contributed by atoms with Crippen molar-refractivity contribution in [2.45, 2.75) is 6.42 Å². The molecule has 0 amide bonds. The van der Waals surface area contributed by atoms with Crippen molar-refractivity contribution in [2.75, 3.05) is 6.54 Å². The molecule has 0 fully saturated rings. The van der Waals surface area contributed by atoms with Crippen molar-refractivity contribution in [3.05, 3.63) is 48.5 Å². The molecule has 0 saturated heterocycles. The van der Waals surface area contributed by atoms with Crippen LogP contribution in [0.15, 0.2) is 42.9 Å². The van der Waals surface area contributed by atoms with Gasteiger partial charge in [-0.25, -0.2) is 9.97 Å². The van der Waals surface area contributed by atoms with Crippen molar-refractivity contribution in [2.24, 2.45) is 5.73 Å². The highest BCUT2D eigenvalue weighted by atomic mass is 14.9. The van der Waals surface area contributed by atoms with Gasteiger partial charge in [0.15, 0.2) is 0 Å². The molecule has 0 saturated carbocycles. The first-order chi connectivity index (χ1) is 9.36. The summed E-state index contributed by atoms with van der Waals surface area (Å²) in [6.45, 7) is 0.624. The van der Waals surface area contributed by atoms with Gasteiger partial charge in [-0.15, -0.1) is 0 Å². The Morgan fingerprint density at radius 2 is 1.74 bits per heavy atom. The zero-order chi connectivity index (χ0) is 13.1. The molecular formula is C14H15N5. The molecule has 0 bridgehead atoms. The summed E-state index contributed by atoms with van der Waals surface area (Å²) in [6, 6.07) is 8.12. The predicted molar refractivity (Wildman–Crippen MR) is 74.4 cm³/mol. The number of nitrogens with two attached hydrogens (primary N) is 1. The average molecular weight is 253 g/mol. The Balaban J connectivity index is 1.85. The summed E-state index contributed by atoms with van der Waals surface area (Å²) in [5.74, 6) is 1.74. The standard InChI is InChI=1S/C14H15N5/c15-6-5-12-9-18-14(19-12)11-3-1-10(2-4-11)13-16-7-8-17-13/h1-4,7-9H,5-6,15H2,(H,16,17)(H,18,19). The Morgan fingerprint density at radius 1 is 1.00 bits per heavy atom. The highest BCUT2D eigenvalue weighted by Crippen LogP contribution is 2.20. The Morgan fingerprint density at radius 3 is 2.37 bits per heavy atom. The number of hydrogen-bond acceptors (Lipinski definition) is 3. The molecule has 1 aromatic carbocycles. The molecule has 0 aliphatic carbocycles. The van der Waals surface area contributed by atoms with E-state index in [2.05, 4.69) is 19.9 Å². The molecule has 3 rings (SSSR count). The number of rotatable bonds is 4. The van der Waals surface area contributed by atoms with E-state index in [0.29, 0.717) is 6.54 Å². The summed E-state index contributed by atoms with van der Waals surface area (Å²) in [4.78, 5) is 14.9. The molecule has 0 aliphatic rings. The zero-order valence-corrected chi connectivity index (χ0v) is 10.4. The lowest BCUT2D eigenvalue weighted by atomic mass is 10.1. The van der Waals surface area contributed by atoms with Crippen LogP contribution in [0.5, 0.6) is 0 Å². The quantitative estimate of drug-likeness (QED) is 0.664. The molecule has 96 valence electrons. The van der Waals surface area contributed by atoms with Gasteiger partial charge in [0.2, 0.25) is 0 Å². The van der Waals surface area contributed by atoms with Gasteiger partial charge >= 0.3 is 0 Å². The van der Waals surface area contributed by atoms with Crippen molar-refractivity contribution >= 4 is 0 Å². The van der Waals surface area contributed by atoms with Gasteiger partial charge in [-0.1, -0.05) is 24.3 Å². The molecule has 2 aromatic heterocycles. The van der Waals surface area contributed by atoms with Gasteiger partial charge in [0.1, 0.15) is 11.6 Å². The smallest absolute Gasteiger partial charge is 0.137 e. The van der Waals surface area contributed by atoms with E-state index < -0.39 is 0 Å². The summed E-state index contributed by atoms with van der Waals surface area (Å²) in [5, 5.41) is 0. The van der Waals surface area contributed by atoms with Crippen molar-refractivity contribution < 1.29 is 0 Å². The summed E-state index contributed by atoms with van der Waals surface area (Å²) < 4.78 is 0. The van der Waals surface area contributed by atoms with Crippen LogP contribution in [0.1, 0.15) is 5.69 Å². The van der Waals surface area contributed by atoms with Crippen LogP contribution < -0.4 is 5.73 Å². The number of imidazole rings is 2. The number of aromatic nitrogens is 4. The molecule has 5 nitrogen and oxygen atoms in total. The largest absolute Gasteiger partial charge is 0.345 e. The second-order valence-electron chi connectivity index (χ2n) is 4.31. The number of H-pyrrole nitrogens is 2. The van der Waals surface area contributed by atoms with E-state index >= 15 is 0 Å². The minimum Gasteiger partial charge on any atom is -0.345 e. The SMILES string of the molecule is NCCc1cnc(-c2ccc(-c3ncc[nH]3)cc2)[nH]1. The lowest BCUT2D eigenvalue weighted by Gasteiger charge is -2.00. The molecule has 0 aliphatic heterocycles. The van der Waals surface area contributed by atoms with Gasteiger partial charge < -0.3 is 15.7 Å². The number of nitrogens with zero attached hydrogens (tertiary/aromatic N) is 2. The Bertz CT molecular complexity index is 637. The van der Waals surface area contributed by atoms with Crippen LogP contribution in [0.25, 0.3) is 22.8 Å². The molecule has 4 N–H and O–H groups in total. The fourth-order valence-corrected chi connectivity index (χ4v) is 2.00. The minimum atomic E-state index is 0.624. The summed E-state index contributed by atoms with van der Waals surface area (Å²) in [6.07, 6.45) is 6.21. The first kappa shape index (κ1) is 11.7. The van der Waals surface area contributed by atoms with E-state index in [4.69, 9.17) is 5.73 Å². The first-order valence-electron chi connectivity index (χ1n) is 6.21. The maximum atomic E-state index is 5.52. The van der Waals surface area contributed by atoms with Gasteiger partial charge in [0.05, 0.1) is 0 Å². The van der Waals surface area contributed by atoms with Gasteiger partial charge in [-0.05, 0) is 6.54 Å². The van der Waals surface area contributed by atoms with Crippen LogP contribution >= 0.6 is 0 Å². The topological polar surface area (TPSA) is 83.4 Å². The number of nitrogens with one attached hydrogen (secondary N) is 2. The number of aromatic amines is 2. The molecule has 0 spiro atoms. The van der Waals surface area contributed by atoms with Crippen LogP contribution in [0, 0.1) is 0 Å². The van der Waals surface area contributed by atoms with Crippen molar-refractivity contribution in [1.29, 1.82) is 0 Å². The fourth-order valence-electron chi connectivity index (χ4n) is 2.00. The Hall–Kier alpha value is -2.40. The van der Waals surface area contributed by atoms with Crippen LogP contribution in [0.4, 0.5) is 0 Å². The summed E-state index contributed by atoms with van der Waals surface area (Å²) in [5.41, 5.74) is 8.70. The fraction of sp³-hybridized carbons (Fsp3) is 0.143. The molecular weight excluding hydrogens is 238 g/mol. The Kier molecular flexibility index (Phi) is 3.12. The van der Waals surface area contributed by atoms with E-state index in [1.54, 1.807) is 6.20 Å². The van der Waals surface area contributed by atoms with Gasteiger partial charge in [-0.2, -0.15) is 0 Å². The molecule has 2 heterocycles. The maximum absolute atomic E-state index is 5.52. The van der Waals surface area contributed by atoms with Crippen molar-refractivity contribution in [3.63, 3.8) is 0 Å². The first-order valence-corrected chi connectivity index (χ1v) is 6.21. The molecule has 0 radical (unpaired) electrons. The van der Waals surface area contributed by atoms with Crippen molar-refractivity contribution in [3.8, 4) is 22.8 Å². The third-order valence-corrected chi connectivity index (χ3v) is 2.97. The summed E-state index contributed by atoms with van der Waals surface area (Å²) >= 11 is 0. The van der Waals surface area contributed by atoms with Crippen LogP contribution in [-0.4, -0.2) is 26.5 Å². The Labute approximate surface area is 110 Å². The molecule has 5 heteroatoms. The lowest BCUT2D eigenvalue weighted by molar-refractivity contribution is 0.936. The van der Waals surface area contributed by atoms with Gasteiger partial charge in [0, 0.05) is 41.8 Å². The molecule has 3 aromatic rings. The highest BCUT2D eigenvalue weighted by molar-refractivity contribution is 5.63. The second kappa shape index (κ2) is 5.07. The molecule has 0 atom stereocenters. The predicted octanol–water partition coefficient (Wildman–Crippen LogP) is 1.97. The zero-order valence-electron chi connectivity index (χ0n) is 10.4. The van der Waals surface area contributed by atoms with Crippen LogP contribution in [-0.2, 0) is 6.42 Å². The van der Waals surface area contributed by atoms with Gasteiger partial charge in [-0.3, -0.25) is 0 Å². The number of hydrogen-bond donors (Lipinski definition) is 3. The average Bonchev–Trinajstić information content (AvgIpc) is 3.10. The normalized spacial score (nSPS) is 10.8. The monoisotopic (exact) mass is 253 g/mol. The van der Waals surface area contributed by atoms with E-state index in [0.717, 1.165) is 34.9 Å². The molecule has 19 heavy (non-hydrogen) atoms. The van der Waals surface area contributed by atoms with E-state index in [-0.39, 0.29) is 0 Å². The third kappa shape index (κ3) is 2.41. The molecule has 0 unspecified atom stereocenters. The third-order valence-electron chi connectivity index (χ3n) is 2.97. The van der Waals surface area contributed by atoms with Crippen LogP contribution in [0.3, 0.4) is 0 Å². The number of benzene rings is 1. The second-order valence-corrected chi connectivity index (χ2v) is 4.31. The summed E-state index contributed by atoms with van der Waals surface area (Å²) in [7, 11) is 0. The van der Waals surface area contributed by atoms with E-state index in [1.807, 2.05) is 36.7 Å². The van der Waals surface area contributed by atoms with Gasteiger partial charge in [0.25, 0.3) is 0 Å². The van der Waals surface area contributed by atoms with E-state index in [1.165, 1.54) is 0 Å². The van der Waals surface area contributed by atoms with E-state index in [9.17, 15) is 0 Å². The highest BCUT2D eigenvalue weighted by Gasteiger charge is 2.04. The van der Waals surface area contributed by atoms with Crippen LogP contribution in [0.2, 0.25) is 0 Å². The lowest BCUT2D eigenvalue weighted by Crippen LogP contribution is -2.02. The maximum Gasteiger partial charge on any atom is 0.137 e. The minimum absolute atomic E-state index is 0.624.